The van der Waals surface area contributed by atoms with Gasteiger partial charge in [-0.2, -0.15) is 0 Å². The van der Waals surface area contributed by atoms with Gasteiger partial charge >= 0.3 is 0 Å². The fraction of sp³-hybridized carbons (Fsp3) is 1.00. The van der Waals surface area contributed by atoms with Gasteiger partial charge in [0.05, 0.1) is 12.7 Å². The third kappa shape index (κ3) is 3.12. The SMILES string of the molecule is COCC(O)C(O)[C@H](C)O. The summed E-state index contributed by atoms with van der Waals surface area (Å²) in [4.78, 5) is 0. The molecule has 4 nitrogen and oxygen atoms in total. The lowest BCUT2D eigenvalue weighted by molar-refractivity contribution is -0.0761. The zero-order valence-corrected chi connectivity index (χ0v) is 6.19. The first-order valence-electron chi connectivity index (χ1n) is 3.12. The number of rotatable bonds is 4. The molecule has 0 aromatic rings. The smallest absolute Gasteiger partial charge is 0.108 e. The summed E-state index contributed by atoms with van der Waals surface area (Å²) in [6.07, 6.45) is -3.06. The van der Waals surface area contributed by atoms with Crippen LogP contribution in [0.1, 0.15) is 6.92 Å². The van der Waals surface area contributed by atoms with E-state index in [2.05, 4.69) is 4.74 Å². The summed E-state index contributed by atoms with van der Waals surface area (Å²) in [5.74, 6) is 0. The fourth-order valence-electron chi connectivity index (χ4n) is 0.591. The van der Waals surface area contributed by atoms with Crippen molar-refractivity contribution in [2.45, 2.75) is 25.2 Å². The Morgan fingerprint density at radius 2 is 1.80 bits per heavy atom. The Hall–Kier alpha value is -0.160. The number of ether oxygens (including phenoxy) is 1. The summed E-state index contributed by atoms with van der Waals surface area (Å²) in [6.45, 7) is 1.44. The second-order valence-electron chi connectivity index (χ2n) is 2.25. The minimum Gasteiger partial charge on any atom is -0.391 e. The van der Waals surface area contributed by atoms with Crippen LogP contribution in [0.5, 0.6) is 0 Å². The van der Waals surface area contributed by atoms with Gasteiger partial charge in [-0.3, -0.25) is 0 Å². The first kappa shape index (κ1) is 9.84. The van der Waals surface area contributed by atoms with Crippen molar-refractivity contribution in [3.05, 3.63) is 0 Å². The molecule has 0 aliphatic carbocycles. The summed E-state index contributed by atoms with van der Waals surface area (Å²) in [5, 5.41) is 26.7. The van der Waals surface area contributed by atoms with E-state index in [-0.39, 0.29) is 6.61 Å². The normalized spacial score (nSPS) is 20.1. The van der Waals surface area contributed by atoms with Crippen LogP contribution in [0.15, 0.2) is 0 Å². The van der Waals surface area contributed by atoms with E-state index in [1.54, 1.807) is 0 Å². The van der Waals surface area contributed by atoms with Crippen molar-refractivity contribution in [3.63, 3.8) is 0 Å². The fourth-order valence-corrected chi connectivity index (χ4v) is 0.591. The molecule has 2 unspecified atom stereocenters. The molecule has 0 aliphatic heterocycles. The van der Waals surface area contributed by atoms with E-state index in [9.17, 15) is 0 Å². The zero-order chi connectivity index (χ0) is 8.15. The second-order valence-corrected chi connectivity index (χ2v) is 2.25. The molecule has 62 valence electrons. The molecule has 0 aromatic carbocycles. The summed E-state index contributed by atoms with van der Waals surface area (Å²) in [6, 6.07) is 0. The molecule has 0 saturated carbocycles. The molecular formula is C6H14O4. The van der Waals surface area contributed by atoms with Crippen LogP contribution in [0.3, 0.4) is 0 Å². The molecule has 0 fully saturated rings. The van der Waals surface area contributed by atoms with Crippen molar-refractivity contribution in [1.82, 2.24) is 0 Å². The Labute approximate surface area is 60.1 Å². The Balaban J connectivity index is 3.58. The van der Waals surface area contributed by atoms with Gasteiger partial charge in [-0.05, 0) is 6.92 Å². The van der Waals surface area contributed by atoms with Crippen molar-refractivity contribution >= 4 is 0 Å². The van der Waals surface area contributed by atoms with E-state index in [0.29, 0.717) is 0 Å². The largest absolute Gasteiger partial charge is 0.391 e. The lowest BCUT2D eigenvalue weighted by Crippen LogP contribution is -2.38. The van der Waals surface area contributed by atoms with E-state index in [4.69, 9.17) is 15.3 Å². The molecule has 0 bridgehead atoms. The van der Waals surface area contributed by atoms with Gasteiger partial charge in [0.1, 0.15) is 12.2 Å². The average molecular weight is 150 g/mol. The standard InChI is InChI=1S/C6H14O4/c1-4(7)6(9)5(8)3-10-2/h4-9H,3H2,1-2H3/t4-,5?,6?/m0/s1. The van der Waals surface area contributed by atoms with Crippen molar-refractivity contribution in [3.8, 4) is 0 Å². The molecule has 10 heavy (non-hydrogen) atoms. The monoisotopic (exact) mass is 150 g/mol. The van der Waals surface area contributed by atoms with Gasteiger partial charge in [0.2, 0.25) is 0 Å². The number of hydrogen-bond acceptors (Lipinski definition) is 4. The van der Waals surface area contributed by atoms with E-state index >= 15 is 0 Å². The lowest BCUT2D eigenvalue weighted by atomic mass is 10.1. The van der Waals surface area contributed by atoms with Crippen molar-refractivity contribution in [2.24, 2.45) is 0 Å². The quantitative estimate of drug-likeness (QED) is 0.467. The van der Waals surface area contributed by atoms with Crippen molar-refractivity contribution < 1.29 is 20.1 Å². The van der Waals surface area contributed by atoms with Crippen LogP contribution in [0.2, 0.25) is 0 Å². The minimum atomic E-state index is -1.13. The molecule has 0 heterocycles. The molecule has 0 aromatic heterocycles. The van der Waals surface area contributed by atoms with Crippen molar-refractivity contribution in [1.29, 1.82) is 0 Å². The van der Waals surface area contributed by atoms with Crippen LogP contribution >= 0.6 is 0 Å². The van der Waals surface area contributed by atoms with Crippen LogP contribution in [-0.4, -0.2) is 47.3 Å². The summed E-state index contributed by atoms with van der Waals surface area (Å²) in [5.41, 5.74) is 0. The van der Waals surface area contributed by atoms with Gasteiger partial charge in [0, 0.05) is 7.11 Å². The van der Waals surface area contributed by atoms with E-state index in [1.807, 2.05) is 0 Å². The maximum absolute atomic E-state index is 8.95. The van der Waals surface area contributed by atoms with Gasteiger partial charge in [0.15, 0.2) is 0 Å². The first-order chi connectivity index (χ1) is 4.59. The predicted octanol–water partition coefficient (Wildman–Crippen LogP) is -1.26. The summed E-state index contributed by atoms with van der Waals surface area (Å²) < 4.78 is 4.55. The number of aliphatic hydroxyl groups excluding tert-OH is 3. The Morgan fingerprint density at radius 3 is 2.10 bits per heavy atom. The van der Waals surface area contributed by atoms with Crippen LogP contribution in [-0.2, 0) is 4.74 Å². The molecular weight excluding hydrogens is 136 g/mol. The maximum atomic E-state index is 8.95. The van der Waals surface area contributed by atoms with Gasteiger partial charge < -0.3 is 20.1 Å². The first-order valence-corrected chi connectivity index (χ1v) is 3.12. The third-order valence-corrected chi connectivity index (χ3v) is 1.23. The van der Waals surface area contributed by atoms with Crippen molar-refractivity contribution in [2.75, 3.05) is 13.7 Å². The van der Waals surface area contributed by atoms with Gasteiger partial charge in [-0.25, -0.2) is 0 Å². The lowest BCUT2D eigenvalue weighted by Gasteiger charge is -2.18. The summed E-state index contributed by atoms with van der Waals surface area (Å²) in [7, 11) is 1.41. The molecule has 0 rings (SSSR count). The minimum absolute atomic E-state index is 0.0338. The molecule has 3 N–H and O–H groups in total. The molecule has 3 atom stereocenters. The maximum Gasteiger partial charge on any atom is 0.108 e. The Morgan fingerprint density at radius 1 is 1.30 bits per heavy atom. The van der Waals surface area contributed by atoms with Crippen LogP contribution in [0, 0.1) is 0 Å². The topological polar surface area (TPSA) is 69.9 Å². The van der Waals surface area contributed by atoms with Gasteiger partial charge in [0.25, 0.3) is 0 Å². The highest BCUT2D eigenvalue weighted by Crippen LogP contribution is 1.98. The number of methoxy groups -OCH3 is 1. The molecule has 4 heteroatoms. The predicted molar refractivity (Wildman–Crippen MR) is 35.6 cm³/mol. The van der Waals surface area contributed by atoms with Gasteiger partial charge in [-0.1, -0.05) is 0 Å². The third-order valence-electron chi connectivity index (χ3n) is 1.23. The van der Waals surface area contributed by atoms with Crippen LogP contribution < -0.4 is 0 Å². The number of hydrogen-bond donors (Lipinski definition) is 3. The van der Waals surface area contributed by atoms with E-state index in [1.165, 1.54) is 14.0 Å². The Kier molecular flexibility index (Phi) is 4.55. The molecule has 0 spiro atoms. The molecule has 0 saturated heterocycles. The van der Waals surface area contributed by atoms with E-state index in [0.717, 1.165) is 0 Å². The molecule has 0 radical (unpaired) electrons. The average Bonchev–Trinajstić information content (AvgIpc) is 1.87. The Bertz CT molecular complexity index is 83.8. The zero-order valence-electron chi connectivity index (χ0n) is 6.19. The summed E-state index contributed by atoms with van der Waals surface area (Å²) >= 11 is 0. The molecule has 0 amide bonds. The highest BCUT2D eigenvalue weighted by Gasteiger charge is 2.20. The number of aliphatic hydroxyl groups is 3. The van der Waals surface area contributed by atoms with E-state index < -0.39 is 18.3 Å². The highest BCUT2D eigenvalue weighted by molar-refractivity contribution is 4.70. The van der Waals surface area contributed by atoms with Gasteiger partial charge in [-0.15, -0.1) is 0 Å². The van der Waals surface area contributed by atoms with Crippen LogP contribution in [0.4, 0.5) is 0 Å². The second kappa shape index (κ2) is 4.62. The molecule has 0 aliphatic rings. The van der Waals surface area contributed by atoms with Crippen LogP contribution in [0.25, 0.3) is 0 Å². The highest BCUT2D eigenvalue weighted by atomic mass is 16.5.